The maximum Gasteiger partial charge on any atom is 0.255 e. The summed E-state index contributed by atoms with van der Waals surface area (Å²) in [6.45, 7) is 6.38. The fourth-order valence-electron chi connectivity index (χ4n) is 3.56. The van der Waals surface area contributed by atoms with E-state index < -0.39 is 10.8 Å². The molecule has 3 nitrogen and oxygen atoms in total. The fraction of sp³-hybridized carbons (Fsp3) is 0.136. The van der Waals surface area contributed by atoms with Crippen LogP contribution in [0.2, 0.25) is 0 Å². The van der Waals surface area contributed by atoms with Gasteiger partial charge in [0.05, 0.1) is 0 Å². The van der Waals surface area contributed by atoms with Crippen molar-refractivity contribution >= 4 is 16.3 Å². The van der Waals surface area contributed by atoms with Crippen LogP contribution in [0.15, 0.2) is 83.1 Å². The van der Waals surface area contributed by atoms with Gasteiger partial charge in [-0.05, 0) is 56.2 Å². The van der Waals surface area contributed by atoms with Crippen LogP contribution in [-0.2, 0) is 10.8 Å². The Morgan fingerprint density at radius 1 is 0.885 bits per heavy atom. The largest absolute Gasteiger partial charge is 0.255 e. The van der Waals surface area contributed by atoms with Crippen LogP contribution >= 0.6 is 0 Å². The summed E-state index contributed by atoms with van der Waals surface area (Å²) in [5.74, 6) is 0. The molecular formula is C22H21N2OS+. The van der Waals surface area contributed by atoms with E-state index in [1.807, 2.05) is 59.3 Å². The molecule has 0 fully saturated rings. The smallest absolute Gasteiger partial charge is 0.245 e. The molecule has 0 saturated carbocycles. The molecule has 0 saturated heterocycles. The van der Waals surface area contributed by atoms with Crippen LogP contribution in [0.1, 0.15) is 16.7 Å². The van der Waals surface area contributed by atoms with E-state index in [4.69, 9.17) is 0 Å². The molecule has 130 valence electrons. The predicted molar refractivity (Wildman–Crippen MR) is 104 cm³/mol. The SMILES string of the molecule is Cc1cc(C)c(-[n+]2cc3cccc(S(=O)c4ccccc4)n3c2)c(C)c1. The number of aromatic nitrogens is 2. The summed E-state index contributed by atoms with van der Waals surface area (Å²) in [6, 6.07) is 19.9. The van der Waals surface area contributed by atoms with Gasteiger partial charge in [0.1, 0.15) is 22.7 Å². The van der Waals surface area contributed by atoms with E-state index in [1.165, 1.54) is 22.4 Å². The van der Waals surface area contributed by atoms with E-state index in [0.29, 0.717) is 0 Å². The molecule has 0 aliphatic rings. The average molecular weight is 361 g/mol. The van der Waals surface area contributed by atoms with Crippen molar-refractivity contribution in [2.24, 2.45) is 0 Å². The van der Waals surface area contributed by atoms with Crippen LogP contribution in [0.4, 0.5) is 0 Å². The van der Waals surface area contributed by atoms with Gasteiger partial charge in [-0.2, -0.15) is 4.40 Å². The molecule has 0 bridgehead atoms. The van der Waals surface area contributed by atoms with Gasteiger partial charge in [-0.15, -0.1) is 0 Å². The van der Waals surface area contributed by atoms with Crippen molar-refractivity contribution in [3.63, 3.8) is 0 Å². The van der Waals surface area contributed by atoms with Crippen molar-refractivity contribution in [3.05, 3.63) is 89.9 Å². The molecule has 0 spiro atoms. The zero-order valence-corrected chi connectivity index (χ0v) is 16.0. The first-order chi connectivity index (χ1) is 12.5. The predicted octanol–water partition coefficient (Wildman–Crippen LogP) is 4.31. The number of imidazole rings is 1. The lowest BCUT2D eigenvalue weighted by atomic mass is 10.1. The van der Waals surface area contributed by atoms with Crippen molar-refractivity contribution in [2.45, 2.75) is 30.7 Å². The second-order valence-electron chi connectivity index (χ2n) is 6.64. The van der Waals surface area contributed by atoms with E-state index in [9.17, 15) is 4.21 Å². The third-order valence-electron chi connectivity index (χ3n) is 4.57. The summed E-state index contributed by atoms with van der Waals surface area (Å²) >= 11 is 0. The number of pyridine rings is 1. The summed E-state index contributed by atoms with van der Waals surface area (Å²) in [5.41, 5.74) is 5.92. The number of fused-ring (bicyclic) bond motifs is 1. The molecule has 2 heterocycles. The van der Waals surface area contributed by atoms with Gasteiger partial charge in [0, 0.05) is 4.90 Å². The van der Waals surface area contributed by atoms with E-state index in [2.05, 4.69) is 43.7 Å². The van der Waals surface area contributed by atoms with Crippen molar-refractivity contribution in [1.82, 2.24) is 4.40 Å². The Balaban J connectivity index is 1.89. The molecule has 2 aromatic heterocycles. The minimum atomic E-state index is -1.23. The number of benzene rings is 2. The highest BCUT2D eigenvalue weighted by molar-refractivity contribution is 7.85. The molecule has 1 unspecified atom stereocenters. The maximum absolute atomic E-state index is 13.1. The minimum absolute atomic E-state index is 0.773. The van der Waals surface area contributed by atoms with Crippen molar-refractivity contribution in [3.8, 4) is 5.69 Å². The molecule has 2 aromatic carbocycles. The molecule has 4 aromatic rings. The van der Waals surface area contributed by atoms with Gasteiger partial charge in [-0.3, -0.25) is 0 Å². The van der Waals surface area contributed by atoms with Crippen LogP contribution in [0.25, 0.3) is 11.2 Å². The van der Waals surface area contributed by atoms with Crippen molar-refractivity contribution in [2.75, 3.05) is 0 Å². The average Bonchev–Trinajstić information content (AvgIpc) is 3.04. The maximum atomic E-state index is 13.1. The topological polar surface area (TPSA) is 25.4 Å². The first-order valence-electron chi connectivity index (χ1n) is 8.62. The Hall–Kier alpha value is -2.72. The molecule has 0 aliphatic heterocycles. The lowest BCUT2D eigenvalue weighted by molar-refractivity contribution is -0.595. The number of aryl methyl sites for hydroxylation is 3. The Morgan fingerprint density at radius 3 is 2.27 bits per heavy atom. The number of hydrogen-bond acceptors (Lipinski definition) is 1. The molecule has 4 heteroatoms. The van der Waals surface area contributed by atoms with E-state index in [0.717, 1.165) is 15.4 Å². The van der Waals surface area contributed by atoms with Crippen LogP contribution in [-0.4, -0.2) is 8.61 Å². The van der Waals surface area contributed by atoms with Gasteiger partial charge < -0.3 is 0 Å². The summed E-state index contributed by atoms with van der Waals surface area (Å²) in [6.07, 6.45) is 4.12. The number of rotatable bonds is 3. The molecule has 0 N–H and O–H groups in total. The van der Waals surface area contributed by atoms with Crippen molar-refractivity contribution in [1.29, 1.82) is 0 Å². The van der Waals surface area contributed by atoms with E-state index in [-0.39, 0.29) is 0 Å². The zero-order chi connectivity index (χ0) is 18.3. The van der Waals surface area contributed by atoms with Gasteiger partial charge in [0.15, 0.2) is 5.52 Å². The van der Waals surface area contributed by atoms with Gasteiger partial charge >= 0.3 is 0 Å². The molecule has 4 rings (SSSR count). The lowest BCUT2D eigenvalue weighted by Crippen LogP contribution is -2.30. The van der Waals surface area contributed by atoms with Crippen LogP contribution in [0.5, 0.6) is 0 Å². The summed E-state index contributed by atoms with van der Waals surface area (Å²) in [4.78, 5) is 0.808. The number of nitrogens with zero attached hydrogens (tertiary/aromatic N) is 2. The second kappa shape index (κ2) is 6.54. The summed E-state index contributed by atoms with van der Waals surface area (Å²) < 4.78 is 17.2. The molecule has 0 amide bonds. The minimum Gasteiger partial charge on any atom is -0.245 e. The van der Waals surface area contributed by atoms with Crippen molar-refractivity contribution < 1.29 is 8.78 Å². The fourth-order valence-corrected chi connectivity index (χ4v) is 4.74. The molecule has 26 heavy (non-hydrogen) atoms. The third-order valence-corrected chi connectivity index (χ3v) is 5.99. The Labute approximate surface area is 156 Å². The highest BCUT2D eigenvalue weighted by Gasteiger charge is 2.19. The summed E-state index contributed by atoms with van der Waals surface area (Å²) in [7, 11) is -1.23. The lowest BCUT2D eigenvalue weighted by Gasteiger charge is -2.06. The number of hydrogen-bond donors (Lipinski definition) is 0. The van der Waals surface area contributed by atoms with Gasteiger partial charge in [0.25, 0.3) is 6.33 Å². The van der Waals surface area contributed by atoms with E-state index in [1.54, 1.807) is 0 Å². The first kappa shape index (κ1) is 16.7. The van der Waals surface area contributed by atoms with Crippen LogP contribution in [0, 0.1) is 20.8 Å². The highest BCUT2D eigenvalue weighted by Crippen LogP contribution is 2.20. The molecule has 1 atom stereocenters. The molecule has 0 aliphatic carbocycles. The second-order valence-corrected chi connectivity index (χ2v) is 8.07. The monoisotopic (exact) mass is 361 g/mol. The van der Waals surface area contributed by atoms with Gasteiger partial charge in [-0.25, -0.2) is 8.78 Å². The zero-order valence-electron chi connectivity index (χ0n) is 15.1. The highest BCUT2D eigenvalue weighted by atomic mass is 32.2. The quantitative estimate of drug-likeness (QED) is 0.499. The normalized spacial score (nSPS) is 12.4. The Kier molecular flexibility index (Phi) is 4.21. The molecular weight excluding hydrogens is 340 g/mol. The molecule has 0 radical (unpaired) electrons. The first-order valence-corrected chi connectivity index (χ1v) is 9.77. The standard InChI is InChI=1S/C22H21N2OS/c1-16-12-17(2)22(18(3)13-16)23-14-19-8-7-11-21(24(19)15-23)26(25)20-9-5-4-6-10-20/h4-15H,1-3H3/q+1. The third kappa shape index (κ3) is 2.86. The van der Waals surface area contributed by atoms with E-state index >= 15 is 0 Å². The van der Waals surface area contributed by atoms with Crippen LogP contribution in [0.3, 0.4) is 0 Å². The van der Waals surface area contributed by atoms with Gasteiger partial charge in [-0.1, -0.05) is 42.0 Å². The van der Waals surface area contributed by atoms with Crippen LogP contribution < -0.4 is 4.57 Å². The van der Waals surface area contributed by atoms with Gasteiger partial charge in [0.2, 0.25) is 5.03 Å². The summed E-state index contributed by atoms with van der Waals surface area (Å²) in [5, 5.41) is 0.773. The Bertz CT molecular complexity index is 1110. The Morgan fingerprint density at radius 2 is 1.58 bits per heavy atom.